The molecule has 1 atom stereocenters. The fraction of sp³-hybridized carbons (Fsp3) is 0.500. The third-order valence-corrected chi connectivity index (χ3v) is 3.76. The van der Waals surface area contributed by atoms with E-state index in [4.69, 9.17) is 10.9 Å². The fourth-order valence-electron chi connectivity index (χ4n) is 2.69. The van der Waals surface area contributed by atoms with Crippen LogP contribution in [0.4, 0.5) is 5.69 Å². The smallest absolute Gasteiger partial charge is 0.170 e. The molecule has 0 radical (unpaired) electrons. The van der Waals surface area contributed by atoms with E-state index in [1.807, 2.05) is 19.1 Å². The number of likely N-dealkylation sites (N-methyl/N-ethyl adjacent to an activating group) is 1. The van der Waals surface area contributed by atoms with Crippen LogP contribution in [-0.2, 0) is 0 Å². The standard InChI is InChI=1S/C14H22N4O/c1-10-8-12(4-5-13(10)14(15)16-19)18-7-6-17(3)9-11(18)2/h4-5,8,11,19H,6-7,9H2,1-3H3,(H2,15,16). The van der Waals surface area contributed by atoms with Gasteiger partial charge in [-0.25, -0.2) is 0 Å². The normalized spacial score (nSPS) is 21.7. The molecule has 0 aromatic heterocycles. The molecule has 1 aromatic rings. The zero-order valence-corrected chi connectivity index (χ0v) is 11.8. The van der Waals surface area contributed by atoms with Gasteiger partial charge in [0.05, 0.1) is 0 Å². The van der Waals surface area contributed by atoms with E-state index in [0.29, 0.717) is 6.04 Å². The average Bonchev–Trinajstić information content (AvgIpc) is 2.37. The Labute approximate surface area is 114 Å². The van der Waals surface area contributed by atoms with Crippen molar-refractivity contribution >= 4 is 11.5 Å². The van der Waals surface area contributed by atoms with E-state index in [-0.39, 0.29) is 5.84 Å². The summed E-state index contributed by atoms with van der Waals surface area (Å²) in [4.78, 5) is 4.75. The van der Waals surface area contributed by atoms with Gasteiger partial charge in [0.25, 0.3) is 0 Å². The molecule has 5 heteroatoms. The number of oxime groups is 1. The predicted molar refractivity (Wildman–Crippen MR) is 78.0 cm³/mol. The van der Waals surface area contributed by atoms with Crippen LogP contribution in [0.3, 0.4) is 0 Å². The molecule has 5 nitrogen and oxygen atoms in total. The first-order valence-corrected chi connectivity index (χ1v) is 6.56. The van der Waals surface area contributed by atoms with Gasteiger partial charge in [-0.15, -0.1) is 0 Å². The summed E-state index contributed by atoms with van der Waals surface area (Å²) in [6.45, 7) is 7.40. The lowest BCUT2D eigenvalue weighted by Gasteiger charge is -2.40. The van der Waals surface area contributed by atoms with E-state index in [0.717, 1.165) is 30.8 Å². The Bertz CT molecular complexity index is 486. The van der Waals surface area contributed by atoms with Crippen LogP contribution in [0.5, 0.6) is 0 Å². The van der Waals surface area contributed by atoms with Crippen molar-refractivity contribution in [2.75, 3.05) is 31.6 Å². The zero-order valence-electron chi connectivity index (χ0n) is 11.8. The summed E-state index contributed by atoms with van der Waals surface area (Å²) in [6, 6.07) is 6.56. The number of hydrogen-bond acceptors (Lipinski definition) is 4. The minimum absolute atomic E-state index is 0.162. The van der Waals surface area contributed by atoms with E-state index in [1.165, 1.54) is 5.69 Å². The highest BCUT2D eigenvalue weighted by atomic mass is 16.4. The van der Waals surface area contributed by atoms with Crippen molar-refractivity contribution in [2.45, 2.75) is 19.9 Å². The number of anilines is 1. The maximum absolute atomic E-state index is 8.75. The lowest BCUT2D eigenvalue weighted by Crippen LogP contribution is -2.50. The van der Waals surface area contributed by atoms with Crippen molar-refractivity contribution in [2.24, 2.45) is 10.9 Å². The summed E-state index contributed by atoms with van der Waals surface area (Å²) in [7, 11) is 2.15. The van der Waals surface area contributed by atoms with Crippen LogP contribution in [0.25, 0.3) is 0 Å². The first-order valence-electron chi connectivity index (χ1n) is 6.56. The number of hydrogen-bond donors (Lipinski definition) is 2. The van der Waals surface area contributed by atoms with Gasteiger partial charge in [-0.1, -0.05) is 5.16 Å². The van der Waals surface area contributed by atoms with Crippen molar-refractivity contribution in [3.63, 3.8) is 0 Å². The van der Waals surface area contributed by atoms with Gasteiger partial charge in [-0.3, -0.25) is 0 Å². The van der Waals surface area contributed by atoms with Crippen LogP contribution in [0, 0.1) is 6.92 Å². The lowest BCUT2D eigenvalue weighted by molar-refractivity contribution is 0.275. The molecule has 0 saturated carbocycles. The average molecular weight is 262 g/mol. The molecule has 1 heterocycles. The second kappa shape index (κ2) is 5.48. The van der Waals surface area contributed by atoms with E-state index < -0.39 is 0 Å². The Balaban J connectivity index is 2.25. The Hall–Kier alpha value is -1.75. The number of nitrogens with zero attached hydrogens (tertiary/aromatic N) is 3. The van der Waals surface area contributed by atoms with Crippen molar-refractivity contribution in [3.05, 3.63) is 29.3 Å². The molecule has 2 rings (SSSR count). The summed E-state index contributed by atoms with van der Waals surface area (Å²) in [5.41, 5.74) is 8.66. The summed E-state index contributed by atoms with van der Waals surface area (Å²) in [6.07, 6.45) is 0. The predicted octanol–water partition coefficient (Wildman–Crippen LogP) is 1.23. The molecule has 0 aliphatic carbocycles. The lowest BCUT2D eigenvalue weighted by atomic mass is 10.1. The number of piperazine rings is 1. The SMILES string of the molecule is Cc1cc(N2CCN(C)CC2C)ccc1/C(N)=N/O. The maximum atomic E-state index is 8.75. The van der Waals surface area contributed by atoms with Crippen LogP contribution >= 0.6 is 0 Å². The zero-order chi connectivity index (χ0) is 14.0. The Kier molecular flexibility index (Phi) is 3.95. The molecule has 3 N–H and O–H groups in total. The summed E-state index contributed by atoms with van der Waals surface area (Å²) in [5, 5.41) is 11.8. The van der Waals surface area contributed by atoms with Gasteiger partial charge >= 0.3 is 0 Å². The van der Waals surface area contributed by atoms with Gasteiger partial charge in [-0.05, 0) is 44.7 Å². The van der Waals surface area contributed by atoms with E-state index >= 15 is 0 Å². The summed E-state index contributed by atoms with van der Waals surface area (Å²) in [5.74, 6) is 0.162. The number of nitrogens with two attached hydrogens (primary N) is 1. The van der Waals surface area contributed by atoms with Crippen LogP contribution in [0.2, 0.25) is 0 Å². The van der Waals surface area contributed by atoms with E-state index in [2.05, 4.69) is 35.0 Å². The maximum Gasteiger partial charge on any atom is 0.170 e. The van der Waals surface area contributed by atoms with Gasteiger partial charge in [0.1, 0.15) is 0 Å². The van der Waals surface area contributed by atoms with E-state index in [1.54, 1.807) is 0 Å². The van der Waals surface area contributed by atoms with Gasteiger partial charge in [0.2, 0.25) is 0 Å². The second-order valence-electron chi connectivity index (χ2n) is 5.29. The molecule has 19 heavy (non-hydrogen) atoms. The van der Waals surface area contributed by atoms with Crippen LogP contribution in [-0.4, -0.2) is 48.7 Å². The number of aryl methyl sites for hydroxylation is 1. The molecule has 0 spiro atoms. The van der Waals surface area contributed by atoms with Crippen molar-refractivity contribution in [1.29, 1.82) is 0 Å². The molecule has 1 unspecified atom stereocenters. The van der Waals surface area contributed by atoms with Gasteiger partial charge in [0, 0.05) is 36.9 Å². The van der Waals surface area contributed by atoms with Crippen LogP contribution in [0.1, 0.15) is 18.1 Å². The van der Waals surface area contributed by atoms with Crippen molar-refractivity contribution in [3.8, 4) is 0 Å². The molecule has 104 valence electrons. The highest BCUT2D eigenvalue weighted by Gasteiger charge is 2.22. The number of rotatable bonds is 2. The molecule has 0 amide bonds. The molecular weight excluding hydrogens is 240 g/mol. The van der Waals surface area contributed by atoms with Crippen LogP contribution < -0.4 is 10.6 Å². The molecule has 0 bridgehead atoms. The molecular formula is C14H22N4O. The summed E-state index contributed by atoms with van der Waals surface area (Å²) < 4.78 is 0. The van der Waals surface area contributed by atoms with Crippen LogP contribution in [0.15, 0.2) is 23.4 Å². The Morgan fingerprint density at radius 1 is 1.42 bits per heavy atom. The topological polar surface area (TPSA) is 65.1 Å². The Morgan fingerprint density at radius 3 is 2.74 bits per heavy atom. The third kappa shape index (κ3) is 2.81. The minimum Gasteiger partial charge on any atom is -0.409 e. The Morgan fingerprint density at radius 2 is 2.16 bits per heavy atom. The summed E-state index contributed by atoms with van der Waals surface area (Å²) >= 11 is 0. The molecule has 1 aliphatic rings. The fourth-order valence-corrected chi connectivity index (χ4v) is 2.69. The highest BCUT2D eigenvalue weighted by molar-refractivity contribution is 5.98. The van der Waals surface area contributed by atoms with Gasteiger partial charge in [-0.2, -0.15) is 0 Å². The first-order chi connectivity index (χ1) is 9.02. The van der Waals surface area contributed by atoms with Gasteiger partial charge in [0.15, 0.2) is 5.84 Å². The minimum atomic E-state index is 0.162. The molecule has 1 saturated heterocycles. The van der Waals surface area contributed by atoms with Crippen molar-refractivity contribution in [1.82, 2.24) is 4.90 Å². The largest absolute Gasteiger partial charge is 0.409 e. The third-order valence-electron chi connectivity index (χ3n) is 3.76. The number of amidine groups is 1. The van der Waals surface area contributed by atoms with Crippen molar-refractivity contribution < 1.29 is 5.21 Å². The highest BCUT2D eigenvalue weighted by Crippen LogP contribution is 2.23. The van der Waals surface area contributed by atoms with E-state index in [9.17, 15) is 0 Å². The second-order valence-corrected chi connectivity index (χ2v) is 5.29. The quantitative estimate of drug-likeness (QED) is 0.364. The number of benzene rings is 1. The molecule has 1 aromatic carbocycles. The first kappa shape index (κ1) is 13.7. The van der Waals surface area contributed by atoms with Gasteiger partial charge < -0.3 is 20.7 Å². The monoisotopic (exact) mass is 262 g/mol. The molecule has 1 aliphatic heterocycles. The molecule has 1 fully saturated rings.